The molecule has 2 fully saturated rings. The van der Waals surface area contributed by atoms with Crippen molar-refractivity contribution in [1.29, 1.82) is 0 Å². The lowest BCUT2D eigenvalue weighted by atomic mass is 9.97. The third kappa shape index (κ3) is 3.28. The molecule has 0 bridgehead atoms. The van der Waals surface area contributed by atoms with E-state index in [1.54, 1.807) is 18.3 Å². The van der Waals surface area contributed by atoms with Gasteiger partial charge in [-0.3, -0.25) is 10.2 Å². The average Bonchev–Trinajstić information content (AvgIpc) is 3.18. The van der Waals surface area contributed by atoms with Crippen molar-refractivity contribution in [2.24, 2.45) is 11.8 Å². The molecule has 6 nitrogen and oxygen atoms in total. The van der Waals surface area contributed by atoms with Gasteiger partial charge in [-0.25, -0.2) is 10.4 Å². The van der Waals surface area contributed by atoms with Gasteiger partial charge in [-0.1, -0.05) is 24.3 Å². The molecule has 1 amide bonds. The fourth-order valence-electron chi connectivity index (χ4n) is 3.11. The number of thiazole rings is 1. The van der Waals surface area contributed by atoms with Gasteiger partial charge >= 0.3 is 0 Å². The first-order chi connectivity index (χ1) is 11.7. The lowest BCUT2D eigenvalue weighted by molar-refractivity contribution is 0.0922. The highest BCUT2D eigenvalue weighted by atomic mass is 32.1. The van der Waals surface area contributed by atoms with Gasteiger partial charge in [0.1, 0.15) is 5.75 Å². The maximum absolute atomic E-state index is 12.5. The molecule has 3 unspecified atom stereocenters. The van der Waals surface area contributed by atoms with E-state index in [0.717, 1.165) is 5.92 Å². The van der Waals surface area contributed by atoms with Crippen LogP contribution in [0.25, 0.3) is 0 Å². The van der Waals surface area contributed by atoms with Crippen LogP contribution in [0.2, 0.25) is 0 Å². The van der Waals surface area contributed by atoms with E-state index in [2.05, 4.69) is 28.1 Å². The largest absolute Gasteiger partial charge is 0.431 e. The van der Waals surface area contributed by atoms with Gasteiger partial charge < -0.3 is 10.1 Å². The Bertz CT molecular complexity index is 717. The summed E-state index contributed by atoms with van der Waals surface area (Å²) >= 11 is 1.42. The third-order valence-corrected chi connectivity index (χ3v) is 5.27. The second-order valence-electron chi connectivity index (χ2n) is 6.39. The van der Waals surface area contributed by atoms with Crippen molar-refractivity contribution >= 4 is 17.2 Å². The van der Waals surface area contributed by atoms with Crippen molar-refractivity contribution in [2.45, 2.75) is 32.0 Å². The van der Waals surface area contributed by atoms with E-state index in [1.807, 2.05) is 17.5 Å². The average molecular weight is 344 g/mol. The summed E-state index contributed by atoms with van der Waals surface area (Å²) in [4.78, 5) is 16.6. The monoisotopic (exact) mass is 344 g/mol. The van der Waals surface area contributed by atoms with E-state index >= 15 is 0 Å². The Morgan fingerprint density at radius 3 is 3.00 bits per heavy atom. The molecule has 1 aromatic carbocycles. The molecule has 1 aliphatic heterocycles. The quantitative estimate of drug-likeness (QED) is 0.777. The molecule has 0 radical (unpaired) electrons. The Hall–Kier alpha value is -1.96. The van der Waals surface area contributed by atoms with Crippen LogP contribution in [-0.2, 0) is 0 Å². The molecule has 2 aliphatic rings. The maximum atomic E-state index is 12.5. The summed E-state index contributed by atoms with van der Waals surface area (Å²) in [5, 5.41) is 5.48. The van der Waals surface area contributed by atoms with Crippen LogP contribution >= 0.6 is 11.3 Å². The molecule has 24 heavy (non-hydrogen) atoms. The summed E-state index contributed by atoms with van der Waals surface area (Å²) in [6.45, 7) is 2.17. The number of carbonyl (C=O) groups is 1. The van der Waals surface area contributed by atoms with Crippen molar-refractivity contribution in [3.8, 4) is 10.9 Å². The predicted molar refractivity (Wildman–Crippen MR) is 91.8 cm³/mol. The Morgan fingerprint density at radius 2 is 2.25 bits per heavy atom. The molecular formula is C17H20N4O2S. The van der Waals surface area contributed by atoms with Gasteiger partial charge in [0.15, 0.2) is 0 Å². The van der Waals surface area contributed by atoms with Gasteiger partial charge in [0.25, 0.3) is 11.1 Å². The highest BCUT2D eigenvalue weighted by molar-refractivity contribution is 7.11. The minimum atomic E-state index is -0.109. The standard InChI is InChI=1S/C17H20N4O2S/c1-10-14(11-5-6-11)20-21-15(10)19-16(22)12-3-2-4-13(9-12)23-17-18-7-8-24-17/h2-4,7-11,14-15,20-21H,5-6H2,1H3,(H,19,22). The first kappa shape index (κ1) is 15.6. The number of hydrazine groups is 1. The second kappa shape index (κ2) is 6.51. The summed E-state index contributed by atoms with van der Waals surface area (Å²) in [5.41, 5.74) is 7.10. The number of hydrogen-bond acceptors (Lipinski definition) is 6. The number of nitrogens with one attached hydrogen (secondary N) is 3. The van der Waals surface area contributed by atoms with E-state index < -0.39 is 0 Å². The molecule has 2 heterocycles. The first-order valence-electron chi connectivity index (χ1n) is 8.20. The number of amides is 1. The molecule has 7 heteroatoms. The second-order valence-corrected chi connectivity index (χ2v) is 7.25. The topological polar surface area (TPSA) is 75.3 Å². The molecule has 1 aliphatic carbocycles. The number of carbonyl (C=O) groups excluding carboxylic acids is 1. The summed E-state index contributed by atoms with van der Waals surface area (Å²) in [6, 6.07) is 7.60. The Labute approximate surface area is 144 Å². The van der Waals surface area contributed by atoms with Gasteiger partial charge in [-0.2, -0.15) is 0 Å². The number of nitrogens with zero attached hydrogens (tertiary/aromatic N) is 1. The van der Waals surface area contributed by atoms with Crippen LogP contribution in [0.1, 0.15) is 30.1 Å². The molecule has 2 aromatic rings. The van der Waals surface area contributed by atoms with Crippen molar-refractivity contribution in [2.75, 3.05) is 0 Å². The third-order valence-electron chi connectivity index (χ3n) is 4.63. The number of rotatable bonds is 5. The molecule has 1 aromatic heterocycles. The lowest BCUT2D eigenvalue weighted by Crippen LogP contribution is -2.46. The van der Waals surface area contributed by atoms with Gasteiger partial charge in [0.05, 0.1) is 6.17 Å². The minimum Gasteiger partial charge on any atom is -0.431 e. The lowest BCUT2D eigenvalue weighted by Gasteiger charge is -2.19. The van der Waals surface area contributed by atoms with Crippen LogP contribution in [0.5, 0.6) is 10.9 Å². The summed E-state index contributed by atoms with van der Waals surface area (Å²) in [7, 11) is 0. The van der Waals surface area contributed by atoms with Crippen LogP contribution in [0.4, 0.5) is 0 Å². The smallest absolute Gasteiger partial charge is 0.278 e. The molecule has 3 atom stereocenters. The summed E-state index contributed by atoms with van der Waals surface area (Å²) in [6.07, 6.45) is 4.18. The van der Waals surface area contributed by atoms with Crippen LogP contribution in [0, 0.1) is 11.8 Å². The number of hydrogen-bond donors (Lipinski definition) is 3. The predicted octanol–water partition coefficient (Wildman–Crippen LogP) is 2.51. The maximum Gasteiger partial charge on any atom is 0.278 e. The van der Waals surface area contributed by atoms with Crippen LogP contribution < -0.4 is 20.9 Å². The van der Waals surface area contributed by atoms with E-state index in [-0.39, 0.29) is 12.1 Å². The molecule has 4 rings (SSSR count). The van der Waals surface area contributed by atoms with E-state index in [0.29, 0.717) is 28.5 Å². The van der Waals surface area contributed by atoms with Gasteiger partial charge in [-0.15, -0.1) is 0 Å². The van der Waals surface area contributed by atoms with Crippen LogP contribution in [0.15, 0.2) is 35.8 Å². The molecule has 0 spiro atoms. The van der Waals surface area contributed by atoms with Crippen molar-refractivity contribution in [1.82, 2.24) is 21.2 Å². The Morgan fingerprint density at radius 1 is 1.38 bits per heavy atom. The minimum absolute atomic E-state index is 0.0633. The van der Waals surface area contributed by atoms with E-state index in [1.165, 1.54) is 24.2 Å². The van der Waals surface area contributed by atoms with Crippen molar-refractivity contribution < 1.29 is 9.53 Å². The zero-order valence-electron chi connectivity index (χ0n) is 13.4. The normalized spacial score (nSPS) is 26.3. The van der Waals surface area contributed by atoms with Crippen LogP contribution in [-0.4, -0.2) is 23.1 Å². The zero-order chi connectivity index (χ0) is 16.5. The Balaban J connectivity index is 1.41. The number of benzene rings is 1. The van der Waals surface area contributed by atoms with Crippen molar-refractivity contribution in [3.05, 3.63) is 41.4 Å². The highest BCUT2D eigenvalue weighted by Gasteiger charge is 2.42. The number of ether oxygens (including phenoxy) is 1. The fourth-order valence-corrected chi connectivity index (χ4v) is 3.62. The molecule has 3 N–H and O–H groups in total. The molecule has 126 valence electrons. The SMILES string of the molecule is CC1C(NC(=O)c2cccc(Oc3nccs3)c2)NNC1C1CC1. The number of aromatic nitrogens is 1. The fraction of sp³-hybridized carbons (Fsp3) is 0.412. The molecular weight excluding hydrogens is 324 g/mol. The molecule has 1 saturated heterocycles. The van der Waals surface area contributed by atoms with Crippen molar-refractivity contribution in [3.63, 3.8) is 0 Å². The van der Waals surface area contributed by atoms with Gasteiger partial charge in [0, 0.05) is 29.1 Å². The van der Waals surface area contributed by atoms with Gasteiger partial charge in [-0.05, 0) is 37.0 Å². The highest BCUT2D eigenvalue weighted by Crippen LogP contribution is 2.37. The van der Waals surface area contributed by atoms with Crippen LogP contribution in [0.3, 0.4) is 0 Å². The van der Waals surface area contributed by atoms with Gasteiger partial charge in [0.2, 0.25) is 0 Å². The van der Waals surface area contributed by atoms with E-state index in [4.69, 9.17) is 4.74 Å². The summed E-state index contributed by atoms with van der Waals surface area (Å²) < 4.78 is 5.66. The zero-order valence-corrected chi connectivity index (χ0v) is 14.2. The summed E-state index contributed by atoms with van der Waals surface area (Å²) in [5.74, 6) is 1.60. The molecule has 1 saturated carbocycles. The Kier molecular flexibility index (Phi) is 4.22. The first-order valence-corrected chi connectivity index (χ1v) is 9.08. The van der Waals surface area contributed by atoms with E-state index in [9.17, 15) is 4.79 Å².